The van der Waals surface area contributed by atoms with Gasteiger partial charge in [-0.25, -0.2) is 4.39 Å². The first-order valence-electron chi connectivity index (χ1n) is 6.12. The molecule has 4 nitrogen and oxygen atoms in total. The molecule has 0 radical (unpaired) electrons. The molecule has 0 aliphatic carbocycles. The fourth-order valence-corrected chi connectivity index (χ4v) is 2.36. The van der Waals surface area contributed by atoms with E-state index < -0.39 is 12.0 Å². The molecule has 102 valence electrons. The molecule has 0 aliphatic rings. The number of hydrogen-bond acceptors (Lipinski definition) is 2. The summed E-state index contributed by atoms with van der Waals surface area (Å²) in [6.45, 7) is 1.91. The summed E-state index contributed by atoms with van der Waals surface area (Å²) in [5.41, 5.74) is 8.09. The molecule has 3 N–H and O–H groups in total. The van der Waals surface area contributed by atoms with E-state index in [0.29, 0.717) is 17.5 Å². The SMILES string of the molecule is Cc1cn(C)c2c(F)cc(C(N)CCC(=O)O)cc12. The van der Waals surface area contributed by atoms with Crippen LogP contribution in [0.3, 0.4) is 0 Å². The number of aromatic nitrogens is 1. The quantitative estimate of drug-likeness (QED) is 0.891. The third-order valence-electron chi connectivity index (χ3n) is 3.35. The molecule has 0 saturated heterocycles. The van der Waals surface area contributed by atoms with Gasteiger partial charge in [-0.05, 0) is 36.6 Å². The van der Waals surface area contributed by atoms with Gasteiger partial charge in [0, 0.05) is 31.1 Å². The van der Waals surface area contributed by atoms with Crippen LogP contribution in [0.25, 0.3) is 10.9 Å². The van der Waals surface area contributed by atoms with E-state index in [1.807, 2.05) is 19.2 Å². The van der Waals surface area contributed by atoms with E-state index in [2.05, 4.69) is 0 Å². The number of nitrogens with two attached hydrogens (primary N) is 1. The molecule has 0 saturated carbocycles. The van der Waals surface area contributed by atoms with Gasteiger partial charge in [-0.3, -0.25) is 4.79 Å². The molecule has 0 aliphatic heterocycles. The van der Waals surface area contributed by atoms with Gasteiger partial charge in [-0.2, -0.15) is 0 Å². The minimum Gasteiger partial charge on any atom is -0.481 e. The summed E-state index contributed by atoms with van der Waals surface area (Å²) in [6.07, 6.45) is 2.14. The van der Waals surface area contributed by atoms with Gasteiger partial charge < -0.3 is 15.4 Å². The van der Waals surface area contributed by atoms with Gasteiger partial charge in [-0.1, -0.05) is 0 Å². The van der Waals surface area contributed by atoms with E-state index in [1.165, 1.54) is 6.07 Å². The monoisotopic (exact) mass is 264 g/mol. The first-order valence-corrected chi connectivity index (χ1v) is 6.12. The second-order valence-electron chi connectivity index (χ2n) is 4.86. The van der Waals surface area contributed by atoms with E-state index in [4.69, 9.17) is 10.8 Å². The molecule has 2 aromatic rings. The number of benzene rings is 1. The van der Waals surface area contributed by atoms with Crippen LogP contribution in [0.4, 0.5) is 4.39 Å². The maximum absolute atomic E-state index is 14.1. The lowest BCUT2D eigenvalue weighted by Gasteiger charge is -2.12. The molecular formula is C14H17FN2O2. The summed E-state index contributed by atoms with van der Waals surface area (Å²) in [6, 6.07) is 2.78. The van der Waals surface area contributed by atoms with E-state index in [1.54, 1.807) is 11.6 Å². The summed E-state index contributed by atoms with van der Waals surface area (Å²) in [5.74, 6) is -1.22. The summed E-state index contributed by atoms with van der Waals surface area (Å²) in [4.78, 5) is 10.5. The van der Waals surface area contributed by atoms with Crippen LogP contribution < -0.4 is 5.73 Å². The van der Waals surface area contributed by atoms with Crippen molar-refractivity contribution in [1.29, 1.82) is 0 Å². The minimum atomic E-state index is -0.895. The molecule has 0 amide bonds. The Balaban J connectivity index is 2.40. The van der Waals surface area contributed by atoms with E-state index in [0.717, 1.165) is 10.9 Å². The second kappa shape index (κ2) is 5.01. The predicted octanol–water partition coefficient (Wildman–Crippen LogP) is 2.49. The third kappa shape index (κ3) is 2.61. The standard InChI is InChI=1S/C14H17FN2O2/c1-8-7-17(2)14-10(8)5-9(6-11(14)15)12(16)3-4-13(18)19/h5-7,12H,3-4,16H2,1-2H3,(H,18,19). The van der Waals surface area contributed by atoms with Crippen molar-refractivity contribution in [3.63, 3.8) is 0 Å². The van der Waals surface area contributed by atoms with Crippen LogP contribution in [0.1, 0.15) is 30.0 Å². The fourth-order valence-electron chi connectivity index (χ4n) is 2.36. The van der Waals surface area contributed by atoms with Crippen molar-refractivity contribution in [2.45, 2.75) is 25.8 Å². The van der Waals surface area contributed by atoms with Crippen LogP contribution in [0.2, 0.25) is 0 Å². The topological polar surface area (TPSA) is 68.2 Å². The van der Waals surface area contributed by atoms with Crippen molar-refractivity contribution in [2.24, 2.45) is 12.8 Å². The van der Waals surface area contributed by atoms with Crippen molar-refractivity contribution in [3.05, 3.63) is 35.3 Å². The van der Waals surface area contributed by atoms with Crippen LogP contribution in [0.15, 0.2) is 18.3 Å². The molecule has 1 unspecified atom stereocenters. The number of hydrogen-bond donors (Lipinski definition) is 2. The number of halogens is 1. The molecule has 2 rings (SSSR count). The Hall–Kier alpha value is -1.88. The number of carbonyl (C=O) groups is 1. The van der Waals surface area contributed by atoms with Crippen LogP contribution in [-0.2, 0) is 11.8 Å². The molecule has 0 bridgehead atoms. The molecule has 0 spiro atoms. The van der Waals surface area contributed by atoms with Gasteiger partial charge in [0.1, 0.15) is 5.82 Å². The fraction of sp³-hybridized carbons (Fsp3) is 0.357. The Labute approximate surface area is 110 Å². The smallest absolute Gasteiger partial charge is 0.303 e. The Kier molecular flexibility index (Phi) is 3.57. The van der Waals surface area contributed by atoms with Gasteiger partial charge >= 0.3 is 5.97 Å². The Morgan fingerprint density at radius 1 is 1.53 bits per heavy atom. The van der Waals surface area contributed by atoms with Crippen LogP contribution in [-0.4, -0.2) is 15.6 Å². The van der Waals surface area contributed by atoms with Crippen LogP contribution in [0.5, 0.6) is 0 Å². The Morgan fingerprint density at radius 2 is 2.21 bits per heavy atom. The van der Waals surface area contributed by atoms with Gasteiger partial charge in [0.05, 0.1) is 5.52 Å². The molecule has 19 heavy (non-hydrogen) atoms. The maximum atomic E-state index is 14.1. The van der Waals surface area contributed by atoms with E-state index in [-0.39, 0.29) is 12.2 Å². The van der Waals surface area contributed by atoms with Crippen molar-refractivity contribution in [2.75, 3.05) is 0 Å². The van der Waals surface area contributed by atoms with Crippen molar-refractivity contribution in [3.8, 4) is 0 Å². The van der Waals surface area contributed by atoms with Crippen molar-refractivity contribution in [1.82, 2.24) is 4.57 Å². The lowest BCUT2D eigenvalue weighted by Crippen LogP contribution is -2.12. The first-order chi connectivity index (χ1) is 8.90. The van der Waals surface area contributed by atoms with Gasteiger partial charge in [-0.15, -0.1) is 0 Å². The van der Waals surface area contributed by atoms with Crippen LogP contribution in [0, 0.1) is 12.7 Å². The summed E-state index contributed by atoms with van der Waals surface area (Å²) >= 11 is 0. The number of nitrogens with zero attached hydrogens (tertiary/aromatic N) is 1. The zero-order chi connectivity index (χ0) is 14.2. The maximum Gasteiger partial charge on any atom is 0.303 e. The highest BCUT2D eigenvalue weighted by Crippen LogP contribution is 2.27. The zero-order valence-electron chi connectivity index (χ0n) is 11.0. The molecule has 1 aromatic heterocycles. The zero-order valence-corrected chi connectivity index (χ0v) is 11.0. The lowest BCUT2D eigenvalue weighted by molar-refractivity contribution is -0.137. The molecule has 5 heteroatoms. The lowest BCUT2D eigenvalue weighted by atomic mass is 10.00. The van der Waals surface area contributed by atoms with Crippen molar-refractivity contribution < 1.29 is 14.3 Å². The van der Waals surface area contributed by atoms with E-state index in [9.17, 15) is 9.18 Å². The number of rotatable bonds is 4. The third-order valence-corrected chi connectivity index (χ3v) is 3.35. The predicted molar refractivity (Wildman–Crippen MR) is 71.4 cm³/mol. The van der Waals surface area contributed by atoms with Crippen molar-refractivity contribution >= 4 is 16.9 Å². The molecule has 1 heterocycles. The average molecular weight is 264 g/mol. The van der Waals surface area contributed by atoms with Gasteiger partial charge in [0.25, 0.3) is 0 Å². The first kappa shape index (κ1) is 13.5. The van der Waals surface area contributed by atoms with Gasteiger partial charge in [0.15, 0.2) is 0 Å². The largest absolute Gasteiger partial charge is 0.481 e. The number of fused-ring (bicyclic) bond motifs is 1. The highest BCUT2D eigenvalue weighted by molar-refractivity contribution is 5.85. The van der Waals surface area contributed by atoms with E-state index >= 15 is 0 Å². The summed E-state index contributed by atoms with van der Waals surface area (Å²) in [5, 5.41) is 9.47. The summed E-state index contributed by atoms with van der Waals surface area (Å²) < 4.78 is 15.8. The second-order valence-corrected chi connectivity index (χ2v) is 4.86. The summed E-state index contributed by atoms with van der Waals surface area (Å²) in [7, 11) is 1.79. The van der Waals surface area contributed by atoms with Crippen LogP contribution >= 0.6 is 0 Å². The highest BCUT2D eigenvalue weighted by Gasteiger charge is 2.14. The number of aryl methyl sites for hydroxylation is 2. The normalized spacial score (nSPS) is 12.8. The number of aliphatic carboxylic acids is 1. The number of carboxylic acid groups (broad SMARTS) is 1. The number of carboxylic acids is 1. The molecule has 0 fully saturated rings. The molecule has 1 aromatic carbocycles. The highest BCUT2D eigenvalue weighted by atomic mass is 19.1. The molecular weight excluding hydrogens is 247 g/mol. The minimum absolute atomic E-state index is 0.0193. The average Bonchev–Trinajstić information content (AvgIpc) is 2.62. The Morgan fingerprint density at radius 3 is 2.84 bits per heavy atom. The molecule has 1 atom stereocenters. The Bertz CT molecular complexity index is 634. The van der Waals surface area contributed by atoms with Gasteiger partial charge in [0.2, 0.25) is 0 Å².